The van der Waals surface area contributed by atoms with E-state index in [-0.39, 0.29) is 11.5 Å². The van der Waals surface area contributed by atoms with Gasteiger partial charge in [0.2, 0.25) is 10.0 Å². The van der Waals surface area contributed by atoms with Crippen molar-refractivity contribution in [1.29, 1.82) is 0 Å². The normalized spacial score (nSPS) is 13.5. The Morgan fingerprint density at radius 2 is 2.00 bits per heavy atom. The Morgan fingerprint density at radius 3 is 2.37 bits per heavy atom. The van der Waals surface area contributed by atoms with Gasteiger partial charge in [-0.15, -0.1) is 11.3 Å². The molecule has 0 bridgehead atoms. The zero-order chi connectivity index (χ0) is 14.8. The van der Waals surface area contributed by atoms with Crippen molar-refractivity contribution in [2.45, 2.75) is 37.6 Å². The van der Waals surface area contributed by atoms with Crippen molar-refractivity contribution in [3.8, 4) is 0 Å². The van der Waals surface area contributed by atoms with E-state index >= 15 is 0 Å². The van der Waals surface area contributed by atoms with Gasteiger partial charge in [-0.1, -0.05) is 0 Å². The molecule has 1 N–H and O–H groups in total. The maximum Gasteiger partial charge on any atom is 0.402 e. The molecule has 0 atom stereocenters. The van der Waals surface area contributed by atoms with Gasteiger partial charge in [-0.25, -0.2) is 8.42 Å². The van der Waals surface area contributed by atoms with Crippen LogP contribution in [-0.4, -0.2) is 36.6 Å². The SMILES string of the molecule is CC(C)N(CC(F)(F)F)S(=O)(=O)c1csc(CO)c1. The Bertz CT molecular complexity index is 522. The Labute approximate surface area is 113 Å². The van der Waals surface area contributed by atoms with Crippen LogP contribution in [0.5, 0.6) is 0 Å². The summed E-state index contributed by atoms with van der Waals surface area (Å²) in [4.78, 5) is 0.161. The van der Waals surface area contributed by atoms with Crippen LogP contribution in [0.25, 0.3) is 0 Å². The minimum atomic E-state index is -4.60. The largest absolute Gasteiger partial charge is 0.402 e. The van der Waals surface area contributed by atoms with Crippen LogP contribution in [0.2, 0.25) is 0 Å². The fourth-order valence-corrected chi connectivity index (χ4v) is 4.18. The van der Waals surface area contributed by atoms with Crippen LogP contribution in [0.15, 0.2) is 16.3 Å². The summed E-state index contributed by atoms with van der Waals surface area (Å²) in [6, 6.07) is 0.371. The highest BCUT2D eigenvalue weighted by molar-refractivity contribution is 7.89. The summed E-state index contributed by atoms with van der Waals surface area (Å²) in [6.45, 7) is 0.879. The van der Waals surface area contributed by atoms with Gasteiger partial charge in [0.1, 0.15) is 6.54 Å². The highest BCUT2D eigenvalue weighted by atomic mass is 32.2. The Balaban J connectivity index is 3.13. The van der Waals surface area contributed by atoms with Gasteiger partial charge in [0.05, 0.1) is 11.5 Å². The number of hydrogen-bond donors (Lipinski definition) is 1. The van der Waals surface area contributed by atoms with Gasteiger partial charge in [-0.05, 0) is 19.9 Å². The number of aliphatic hydroxyl groups excluding tert-OH is 1. The van der Waals surface area contributed by atoms with Gasteiger partial charge < -0.3 is 5.11 Å². The van der Waals surface area contributed by atoms with Crippen LogP contribution in [-0.2, 0) is 16.6 Å². The van der Waals surface area contributed by atoms with Crippen molar-refractivity contribution < 1.29 is 26.7 Å². The lowest BCUT2D eigenvalue weighted by atomic mass is 10.4. The van der Waals surface area contributed by atoms with Crippen molar-refractivity contribution in [2.24, 2.45) is 0 Å². The number of halogens is 3. The molecule has 0 amide bonds. The van der Waals surface area contributed by atoms with Crippen LogP contribution in [0.1, 0.15) is 18.7 Å². The Hall–Kier alpha value is -0.640. The summed E-state index contributed by atoms with van der Waals surface area (Å²) in [5.41, 5.74) is 0. The molecule has 110 valence electrons. The summed E-state index contributed by atoms with van der Waals surface area (Å²) in [6.07, 6.45) is -4.60. The average Bonchev–Trinajstić information content (AvgIpc) is 2.73. The zero-order valence-corrected chi connectivity index (χ0v) is 11.9. The first kappa shape index (κ1) is 16.4. The highest BCUT2D eigenvalue weighted by Gasteiger charge is 2.38. The van der Waals surface area contributed by atoms with Crippen molar-refractivity contribution in [3.05, 3.63) is 16.3 Å². The van der Waals surface area contributed by atoms with Crippen molar-refractivity contribution in [3.63, 3.8) is 0 Å². The van der Waals surface area contributed by atoms with Crippen molar-refractivity contribution in [2.75, 3.05) is 6.54 Å². The fraction of sp³-hybridized carbons (Fsp3) is 0.600. The second kappa shape index (κ2) is 5.78. The molecule has 0 fully saturated rings. The number of rotatable bonds is 5. The van der Waals surface area contributed by atoms with E-state index in [1.165, 1.54) is 25.3 Å². The number of sulfonamides is 1. The summed E-state index contributed by atoms with van der Waals surface area (Å²) in [5, 5.41) is 10.1. The van der Waals surface area contributed by atoms with Crippen LogP contribution in [0, 0.1) is 0 Å². The second-order valence-corrected chi connectivity index (χ2v) is 7.05. The van der Waals surface area contributed by atoms with Crippen LogP contribution < -0.4 is 0 Å². The first-order valence-corrected chi connectivity index (χ1v) is 7.67. The van der Waals surface area contributed by atoms with Gasteiger partial charge >= 0.3 is 6.18 Å². The lowest BCUT2D eigenvalue weighted by Crippen LogP contribution is -2.43. The number of hydrogen-bond acceptors (Lipinski definition) is 4. The van der Waals surface area contributed by atoms with E-state index in [1.54, 1.807) is 0 Å². The molecule has 4 nitrogen and oxygen atoms in total. The average molecular weight is 317 g/mol. The third kappa shape index (κ3) is 4.16. The lowest BCUT2D eigenvalue weighted by Gasteiger charge is -2.26. The maximum atomic E-state index is 12.4. The molecule has 0 saturated carbocycles. The minimum Gasteiger partial charge on any atom is -0.391 e. The molecule has 19 heavy (non-hydrogen) atoms. The number of nitrogens with zero attached hydrogens (tertiary/aromatic N) is 1. The summed E-state index contributed by atoms with van der Waals surface area (Å²) in [5.74, 6) is 0. The van der Waals surface area contributed by atoms with E-state index < -0.39 is 28.8 Å². The zero-order valence-electron chi connectivity index (χ0n) is 10.3. The van der Waals surface area contributed by atoms with E-state index in [4.69, 9.17) is 5.11 Å². The van der Waals surface area contributed by atoms with Gasteiger partial charge in [0.15, 0.2) is 0 Å². The number of alkyl halides is 3. The topological polar surface area (TPSA) is 57.6 Å². The van der Waals surface area contributed by atoms with Crippen LogP contribution in [0.4, 0.5) is 13.2 Å². The van der Waals surface area contributed by atoms with Gasteiger partial charge in [-0.3, -0.25) is 0 Å². The highest BCUT2D eigenvalue weighted by Crippen LogP contribution is 2.27. The van der Waals surface area contributed by atoms with Crippen LogP contribution >= 0.6 is 11.3 Å². The van der Waals surface area contributed by atoms with E-state index in [0.29, 0.717) is 9.18 Å². The molecular formula is C10H14F3NO3S2. The first-order chi connectivity index (χ1) is 8.58. The molecule has 0 aliphatic carbocycles. The number of thiophene rings is 1. The molecule has 0 saturated heterocycles. The van der Waals surface area contributed by atoms with E-state index in [0.717, 1.165) is 11.3 Å². The maximum absolute atomic E-state index is 12.4. The van der Waals surface area contributed by atoms with Crippen molar-refractivity contribution in [1.82, 2.24) is 4.31 Å². The van der Waals surface area contributed by atoms with E-state index in [1.807, 2.05) is 0 Å². The Morgan fingerprint density at radius 1 is 1.42 bits per heavy atom. The molecular weight excluding hydrogens is 303 g/mol. The lowest BCUT2D eigenvalue weighted by molar-refractivity contribution is -0.138. The molecule has 0 aliphatic rings. The molecule has 0 aromatic carbocycles. The van der Waals surface area contributed by atoms with E-state index in [2.05, 4.69) is 0 Å². The van der Waals surface area contributed by atoms with Gasteiger partial charge in [0, 0.05) is 16.3 Å². The summed E-state index contributed by atoms with van der Waals surface area (Å²) < 4.78 is 62.0. The molecule has 1 heterocycles. The van der Waals surface area contributed by atoms with Crippen LogP contribution in [0.3, 0.4) is 0 Å². The predicted molar refractivity (Wildman–Crippen MR) is 65.3 cm³/mol. The Kier molecular flexibility index (Phi) is 4.99. The smallest absolute Gasteiger partial charge is 0.391 e. The summed E-state index contributed by atoms with van der Waals surface area (Å²) in [7, 11) is -4.21. The fourth-order valence-electron chi connectivity index (χ4n) is 1.44. The third-order valence-electron chi connectivity index (χ3n) is 2.30. The first-order valence-electron chi connectivity index (χ1n) is 5.35. The molecule has 0 radical (unpaired) electrons. The predicted octanol–water partition coefficient (Wildman–Crippen LogP) is 2.20. The molecule has 0 spiro atoms. The third-order valence-corrected chi connectivity index (χ3v) is 5.37. The monoisotopic (exact) mass is 317 g/mol. The molecule has 1 aromatic heterocycles. The standard InChI is InChI=1S/C10H14F3NO3S2/c1-7(2)14(6-10(11,12)13)19(16,17)9-3-8(4-15)18-5-9/h3,5,7,15H,4,6H2,1-2H3. The number of aliphatic hydroxyl groups is 1. The molecule has 9 heteroatoms. The second-order valence-electron chi connectivity index (χ2n) is 4.17. The minimum absolute atomic E-state index is 0.223. The van der Waals surface area contributed by atoms with E-state index in [9.17, 15) is 21.6 Å². The molecule has 0 unspecified atom stereocenters. The molecule has 1 aromatic rings. The quantitative estimate of drug-likeness (QED) is 0.906. The van der Waals surface area contributed by atoms with Gasteiger partial charge in [0.25, 0.3) is 0 Å². The summed E-state index contributed by atoms with van der Waals surface area (Å²) >= 11 is 0.986. The molecule has 0 aliphatic heterocycles. The molecule has 1 rings (SSSR count). The van der Waals surface area contributed by atoms with Gasteiger partial charge in [-0.2, -0.15) is 17.5 Å². The van der Waals surface area contributed by atoms with Crippen molar-refractivity contribution >= 4 is 21.4 Å².